The Morgan fingerprint density at radius 2 is 1.51 bits per heavy atom. The molecule has 0 fully saturated rings. The normalized spacial score (nSPS) is 13.5. The fourth-order valence-electron chi connectivity index (χ4n) is 3.76. The zero-order valence-electron chi connectivity index (χ0n) is 21.9. The van der Waals surface area contributed by atoms with E-state index in [1.54, 1.807) is 43.6 Å². The highest BCUT2D eigenvalue weighted by atomic mass is 19.1. The molecule has 0 amide bonds. The van der Waals surface area contributed by atoms with Crippen LogP contribution in [-0.4, -0.2) is 34.4 Å². The number of halogens is 2. The number of carbonyl (C=O) groups excluding carboxylic acids is 1. The molecule has 0 saturated heterocycles. The third-order valence-corrected chi connectivity index (χ3v) is 6.10. The maximum Gasteiger partial charge on any atom is 0.348 e. The standard InChI is InChI=1S/C30H36F2N2O3/c1-4-5-18-30(3,32)29(35)37-27-16-10-23(11-17-27)25-20-33-28(34-21-25)24-12-14-26(15-13-24)36-19-8-6-7-9-22(2)31/h10-17,20-22H,4-9,18-19H2,1-3H3/t22-,30-/m0/s1. The first-order chi connectivity index (χ1) is 17.8. The predicted molar refractivity (Wildman–Crippen MR) is 142 cm³/mol. The van der Waals surface area contributed by atoms with Gasteiger partial charge in [-0.25, -0.2) is 23.5 Å². The minimum Gasteiger partial charge on any atom is -0.494 e. The maximum absolute atomic E-state index is 14.5. The maximum atomic E-state index is 14.5. The van der Waals surface area contributed by atoms with Gasteiger partial charge in [-0.1, -0.05) is 31.9 Å². The van der Waals surface area contributed by atoms with Crippen LogP contribution in [0.2, 0.25) is 0 Å². The van der Waals surface area contributed by atoms with Crippen molar-refractivity contribution >= 4 is 5.97 Å². The van der Waals surface area contributed by atoms with Gasteiger partial charge in [0.15, 0.2) is 5.82 Å². The quantitative estimate of drug-likeness (QED) is 0.125. The molecule has 3 rings (SSSR count). The fourth-order valence-corrected chi connectivity index (χ4v) is 3.76. The first-order valence-electron chi connectivity index (χ1n) is 13.0. The highest BCUT2D eigenvalue weighted by Crippen LogP contribution is 2.26. The number of carbonyl (C=O) groups is 1. The number of ether oxygens (including phenoxy) is 2. The van der Waals surface area contributed by atoms with Crippen LogP contribution in [0.3, 0.4) is 0 Å². The zero-order valence-corrected chi connectivity index (χ0v) is 21.9. The molecule has 0 N–H and O–H groups in total. The molecule has 3 aromatic rings. The van der Waals surface area contributed by atoms with Gasteiger partial charge >= 0.3 is 5.97 Å². The Morgan fingerprint density at radius 1 is 0.892 bits per heavy atom. The van der Waals surface area contributed by atoms with Crippen LogP contribution in [-0.2, 0) is 4.79 Å². The Kier molecular flexibility index (Phi) is 10.5. The molecule has 0 aliphatic heterocycles. The molecule has 7 heteroatoms. The molecule has 2 aromatic carbocycles. The molecule has 0 aliphatic rings. The van der Waals surface area contributed by atoms with Crippen LogP contribution in [0.15, 0.2) is 60.9 Å². The van der Waals surface area contributed by atoms with E-state index < -0.39 is 17.8 Å². The highest BCUT2D eigenvalue weighted by Gasteiger charge is 2.34. The van der Waals surface area contributed by atoms with Gasteiger partial charge in [-0.3, -0.25) is 0 Å². The summed E-state index contributed by atoms with van der Waals surface area (Å²) >= 11 is 0. The molecule has 198 valence electrons. The fraction of sp³-hybridized carbons (Fsp3) is 0.433. The zero-order chi connectivity index (χ0) is 26.7. The van der Waals surface area contributed by atoms with Gasteiger partial charge in [0.25, 0.3) is 0 Å². The number of benzene rings is 2. The Hall–Kier alpha value is -3.35. The molecule has 0 unspecified atom stereocenters. The predicted octanol–water partition coefficient (Wildman–Crippen LogP) is 7.93. The highest BCUT2D eigenvalue weighted by molar-refractivity contribution is 5.81. The molecule has 2 atom stereocenters. The Bertz CT molecular complexity index is 1100. The van der Waals surface area contributed by atoms with Gasteiger partial charge < -0.3 is 9.47 Å². The first-order valence-corrected chi connectivity index (χ1v) is 13.0. The van der Waals surface area contributed by atoms with Crippen molar-refractivity contribution in [2.45, 2.75) is 77.6 Å². The third-order valence-electron chi connectivity index (χ3n) is 6.10. The van der Waals surface area contributed by atoms with Gasteiger partial charge in [0.05, 0.1) is 12.8 Å². The molecule has 0 spiro atoms. The molecule has 0 bridgehead atoms. The third kappa shape index (κ3) is 8.92. The molecule has 0 saturated carbocycles. The minimum absolute atomic E-state index is 0.141. The SMILES string of the molecule is CCCC[C@](C)(F)C(=O)Oc1ccc(-c2cnc(-c3ccc(OCCCCC[C@H](C)F)cc3)nc2)cc1. The lowest BCUT2D eigenvalue weighted by atomic mass is 10.0. The molecular formula is C30H36F2N2O3. The van der Waals surface area contributed by atoms with Crippen LogP contribution in [0, 0.1) is 0 Å². The van der Waals surface area contributed by atoms with Crippen molar-refractivity contribution in [1.29, 1.82) is 0 Å². The van der Waals surface area contributed by atoms with Crippen LogP contribution < -0.4 is 9.47 Å². The van der Waals surface area contributed by atoms with E-state index in [1.807, 2.05) is 31.2 Å². The van der Waals surface area contributed by atoms with E-state index in [1.165, 1.54) is 6.92 Å². The van der Waals surface area contributed by atoms with E-state index in [2.05, 4.69) is 9.97 Å². The van der Waals surface area contributed by atoms with Gasteiger partial charge in [-0.05, 0) is 87.9 Å². The molecular weight excluding hydrogens is 474 g/mol. The average molecular weight is 511 g/mol. The van der Waals surface area contributed by atoms with Crippen LogP contribution >= 0.6 is 0 Å². The van der Waals surface area contributed by atoms with E-state index in [4.69, 9.17) is 9.47 Å². The van der Waals surface area contributed by atoms with Gasteiger partial charge in [-0.15, -0.1) is 0 Å². The Balaban J connectivity index is 1.52. The summed E-state index contributed by atoms with van der Waals surface area (Å²) in [6.45, 7) is 5.41. The number of esters is 1. The Morgan fingerprint density at radius 3 is 2.14 bits per heavy atom. The second-order valence-corrected chi connectivity index (χ2v) is 9.51. The van der Waals surface area contributed by atoms with Crippen molar-refractivity contribution in [2.24, 2.45) is 0 Å². The number of nitrogens with zero attached hydrogens (tertiary/aromatic N) is 2. The van der Waals surface area contributed by atoms with Gasteiger partial charge in [0.1, 0.15) is 11.5 Å². The molecule has 1 aromatic heterocycles. The summed E-state index contributed by atoms with van der Waals surface area (Å²) in [4.78, 5) is 21.1. The van der Waals surface area contributed by atoms with Gasteiger partial charge in [-0.2, -0.15) is 0 Å². The molecule has 1 heterocycles. The number of hydrogen-bond donors (Lipinski definition) is 0. The lowest BCUT2D eigenvalue weighted by molar-refractivity contribution is -0.147. The minimum atomic E-state index is -2.00. The van der Waals surface area contributed by atoms with E-state index in [9.17, 15) is 13.6 Å². The summed E-state index contributed by atoms with van der Waals surface area (Å²) < 4.78 is 38.3. The Labute approximate surface area is 218 Å². The van der Waals surface area contributed by atoms with Crippen molar-refractivity contribution in [2.75, 3.05) is 6.61 Å². The molecule has 5 nitrogen and oxygen atoms in total. The van der Waals surface area contributed by atoms with Crippen molar-refractivity contribution in [3.05, 3.63) is 60.9 Å². The summed E-state index contributed by atoms with van der Waals surface area (Å²) in [6.07, 6.45) is 7.64. The van der Waals surface area contributed by atoms with E-state index >= 15 is 0 Å². The second-order valence-electron chi connectivity index (χ2n) is 9.51. The lowest BCUT2D eigenvalue weighted by Crippen LogP contribution is -2.34. The number of alkyl halides is 2. The summed E-state index contributed by atoms with van der Waals surface area (Å²) in [5, 5.41) is 0. The molecule has 0 radical (unpaired) electrons. The van der Waals surface area contributed by atoms with Gasteiger partial charge in [0.2, 0.25) is 5.67 Å². The monoisotopic (exact) mass is 510 g/mol. The summed E-state index contributed by atoms with van der Waals surface area (Å²) in [5.41, 5.74) is 0.529. The lowest BCUT2D eigenvalue weighted by Gasteiger charge is -2.18. The average Bonchev–Trinajstić information content (AvgIpc) is 2.90. The van der Waals surface area contributed by atoms with Crippen molar-refractivity contribution in [3.63, 3.8) is 0 Å². The molecule has 37 heavy (non-hydrogen) atoms. The smallest absolute Gasteiger partial charge is 0.348 e. The first kappa shape index (κ1) is 28.2. The van der Waals surface area contributed by atoms with E-state index in [0.717, 1.165) is 48.1 Å². The number of rotatable bonds is 14. The summed E-state index contributed by atoms with van der Waals surface area (Å²) in [7, 11) is 0. The van der Waals surface area contributed by atoms with Crippen LogP contribution in [0.4, 0.5) is 8.78 Å². The number of hydrogen-bond acceptors (Lipinski definition) is 5. The molecule has 0 aliphatic carbocycles. The van der Waals surface area contributed by atoms with Crippen molar-refractivity contribution in [3.8, 4) is 34.0 Å². The van der Waals surface area contributed by atoms with Crippen LogP contribution in [0.25, 0.3) is 22.5 Å². The summed E-state index contributed by atoms with van der Waals surface area (Å²) in [5.74, 6) is 0.790. The van der Waals surface area contributed by atoms with Crippen molar-refractivity contribution < 1.29 is 23.0 Å². The largest absolute Gasteiger partial charge is 0.494 e. The number of aromatic nitrogens is 2. The number of unbranched alkanes of at least 4 members (excludes halogenated alkanes) is 3. The van der Waals surface area contributed by atoms with E-state index in [0.29, 0.717) is 31.0 Å². The van der Waals surface area contributed by atoms with Crippen molar-refractivity contribution in [1.82, 2.24) is 9.97 Å². The summed E-state index contributed by atoms with van der Waals surface area (Å²) in [6, 6.07) is 14.4. The van der Waals surface area contributed by atoms with Crippen LogP contribution in [0.1, 0.15) is 65.7 Å². The van der Waals surface area contributed by atoms with Crippen LogP contribution in [0.5, 0.6) is 11.5 Å². The second kappa shape index (κ2) is 13.8. The van der Waals surface area contributed by atoms with Gasteiger partial charge in [0, 0.05) is 23.5 Å². The van der Waals surface area contributed by atoms with E-state index in [-0.39, 0.29) is 6.42 Å². The topological polar surface area (TPSA) is 61.3 Å².